The molecule has 0 unspecified atom stereocenters. The van der Waals surface area contributed by atoms with Crippen molar-refractivity contribution < 1.29 is 9.47 Å². The van der Waals surface area contributed by atoms with E-state index in [1.807, 2.05) is 61.6 Å². The molecule has 0 fully saturated rings. The third-order valence-electron chi connectivity index (χ3n) is 4.50. The zero-order valence-corrected chi connectivity index (χ0v) is 14.9. The van der Waals surface area contributed by atoms with Crippen molar-refractivity contribution in [1.82, 2.24) is 4.98 Å². The van der Waals surface area contributed by atoms with E-state index in [1.54, 1.807) is 20.4 Å². The molecule has 130 valence electrons. The van der Waals surface area contributed by atoms with Gasteiger partial charge >= 0.3 is 0 Å². The Bertz CT molecular complexity index is 981. The van der Waals surface area contributed by atoms with Crippen LogP contribution in [0.2, 0.25) is 0 Å². The zero-order valence-electron chi connectivity index (χ0n) is 14.9. The SMILES string of the molecule is COc1ccc(C2=Nc3cccnc3N(C)c3ccc(OC)cc32)cc1. The maximum atomic E-state index is 5.45. The number of anilines is 2. The number of nitrogens with zero attached hydrogens (tertiary/aromatic N) is 3. The first-order chi connectivity index (χ1) is 12.7. The van der Waals surface area contributed by atoms with Crippen molar-refractivity contribution in [2.45, 2.75) is 0 Å². The summed E-state index contributed by atoms with van der Waals surface area (Å²) in [4.78, 5) is 11.5. The Kier molecular flexibility index (Phi) is 4.05. The van der Waals surface area contributed by atoms with Gasteiger partial charge in [0.15, 0.2) is 5.82 Å². The van der Waals surface area contributed by atoms with E-state index >= 15 is 0 Å². The Morgan fingerprint density at radius 1 is 0.885 bits per heavy atom. The van der Waals surface area contributed by atoms with Gasteiger partial charge in [-0.25, -0.2) is 9.98 Å². The number of pyridine rings is 1. The van der Waals surface area contributed by atoms with Crippen LogP contribution in [0.3, 0.4) is 0 Å². The second-order valence-electron chi connectivity index (χ2n) is 5.98. The van der Waals surface area contributed by atoms with Gasteiger partial charge in [0.05, 0.1) is 25.6 Å². The molecule has 0 N–H and O–H groups in total. The molecular formula is C21H19N3O2. The third-order valence-corrected chi connectivity index (χ3v) is 4.50. The van der Waals surface area contributed by atoms with E-state index < -0.39 is 0 Å². The molecule has 5 heteroatoms. The van der Waals surface area contributed by atoms with Crippen LogP contribution in [0.25, 0.3) is 0 Å². The Hall–Kier alpha value is -3.34. The van der Waals surface area contributed by atoms with Crippen LogP contribution in [-0.2, 0) is 0 Å². The van der Waals surface area contributed by atoms with Crippen LogP contribution in [0.5, 0.6) is 11.5 Å². The molecule has 0 spiro atoms. The maximum absolute atomic E-state index is 5.45. The van der Waals surface area contributed by atoms with Crippen molar-refractivity contribution in [2.75, 3.05) is 26.2 Å². The van der Waals surface area contributed by atoms with Gasteiger partial charge in [-0.3, -0.25) is 0 Å². The first kappa shape index (κ1) is 16.1. The largest absolute Gasteiger partial charge is 0.497 e. The van der Waals surface area contributed by atoms with Gasteiger partial charge in [-0.2, -0.15) is 0 Å². The fourth-order valence-electron chi connectivity index (χ4n) is 3.12. The second kappa shape index (κ2) is 6.52. The molecule has 1 aliphatic heterocycles. The monoisotopic (exact) mass is 345 g/mol. The summed E-state index contributed by atoms with van der Waals surface area (Å²) in [6, 6.07) is 17.8. The molecule has 1 aromatic heterocycles. The fourth-order valence-corrected chi connectivity index (χ4v) is 3.12. The number of aromatic nitrogens is 1. The summed E-state index contributed by atoms with van der Waals surface area (Å²) in [5.41, 5.74) is 4.73. The highest BCUT2D eigenvalue weighted by atomic mass is 16.5. The van der Waals surface area contributed by atoms with E-state index in [0.29, 0.717) is 0 Å². The molecule has 0 atom stereocenters. The van der Waals surface area contributed by atoms with Crippen LogP contribution in [0.15, 0.2) is 65.8 Å². The number of ether oxygens (including phenoxy) is 2. The van der Waals surface area contributed by atoms with Crippen molar-refractivity contribution in [2.24, 2.45) is 4.99 Å². The van der Waals surface area contributed by atoms with E-state index in [4.69, 9.17) is 14.5 Å². The van der Waals surface area contributed by atoms with Gasteiger partial charge < -0.3 is 14.4 Å². The number of rotatable bonds is 3. The van der Waals surface area contributed by atoms with E-state index in [0.717, 1.165) is 45.5 Å². The van der Waals surface area contributed by atoms with Gasteiger partial charge in [-0.05, 0) is 54.6 Å². The molecule has 2 heterocycles. The Morgan fingerprint density at radius 2 is 1.62 bits per heavy atom. The van der Waals surface area contributed by atoms with Gasteiger partial charge in [-0.1, -0.05) is 0 Å². The summed E-state index contributed by atoms with van der Waals surface area (Å²) in [7, 11) is 5.33. The second-order valence-corrected chi connectivity index (χ2v) is 5.98. The molecule has 5 nitrogen and oxygen atoms in total. The van der Waals surface area contributed by atoms with Gasteiger partial charge in [0.25, 0.3) is 0 Å². The van der Waals surface area contributed by atoms with Crippen LogP contribution in [0, 0.1) is 0 Å². The highest BCUT2D eigenvalue weighted by Gasteiger charge is 2.23. The zero-order chi connectivity index (χ0) is 18.1. The molecule has 1 aliphatic rings. The number of benzene rings is 2. The number of aliphatic imine (C=N–C) groups is 1. The van der Waals surface area contributed by atoms with Crippen molar-refractivity contribution in [3.63, 3.8) is 0 Å². The van der Waals surface area contributed by atoms with Gasteiger partial charge in [0, 0.05) is 24.4 Å². The number of methoxy groups -OCH3 is 2. The van der Waals surface area contributed by atoms with Crippen molar-refractivity contribution in [3.8, 4) is 11.5 Å². The lowest BCUT2D eigenvalue weighted by Crippen LogP contribution is -2.14. The lowest BCUT2D eigenvalue weighted by Gasteiger charge is -2.20. The quantitative estimate of drug-likeness (QED) is 0.708. The highest BCUT2D eigenvalue weighted by molar-refractivity contribution is 6.18. The molecule has 0 saturated heterocycles. The standard InChI is InChI=1S/C21H19N3O2/c1-24-19-11-10-16(26-3)13-17(19)20(14-6-8-15(25-2)9-7-14)23-18-5-4-12-22-21(18)24/h4-13H,1-3H3. The molecule has 0 amide bonds. The van der Waals surface area contributed by atoms with Gasteiger partial charge in [-0.15, -0.1) is 0 Å². The molecule has 4 rings (SSSR count). The summed E-state index contributed by atoms with van der Waals surface area (Å²) in [5, 5.41) is 0. The Morgan fingerprint density at radius 3 is 2.35 bits per heavy atom. The summed E-state index contributed by atoms with van der Waals surface area (Å²) in [6.07, 6.45) is 1.78. The molecule has 0 saturated carbocycles. The van der Waals surface area contributed by atoms with Crippen LogP contribution in [0.1, 0.15) is 11.1 Å². The molecule has 0 bridgehead atoms. The molecular weight excluding hydrogens is 326 g/mol. The lowest BCUT2D eigenvalue weighted by atomic mass is 9.99. The maximum Gasteiger partial charge on any atom is 0.158 e. The normalized spacial score (nSPS) is 12.6. The van der Waals surface area contributed by atoms with Crippen molar-refractivity contribution >= 4 is 22.9 Å². The summed E-state index contributed by atoms with van der Waals surface area (Å²) >= 11 is 0. The molecule has 3 aromatic rings. The van der Waals surface area contributed by atoms with Crippen LogP contribution >= 0.6 is 0 Å². The Labute approximate surface area is 152 Å². The highest BCUT2D eigenvalue weighted by Crippen LogP contribution is 2.39. The van der Waals surface area contributed by atoms with Crippen LogP contribution in [0.4, 0.5) is 17.2 Å². The first-order valence-corrected chi connectivity index (χ1v) is 8.31. The average Bonchev–Trinajstić information content (AvgIpc) is 2.83. The number of fused-ring (bicyclic) bond motifs is 2. The van der Waals surface area contributed by atoms with Crippen molar-refractivity contribution in [3.05, 3.63) is 71.9 Å². The van der Waals surface area contributed by atoms with E-state index in [-0.39, 0.29) is 0 Å². The minimum atomic E-state index is 0.789. The smallest absolute Gasteiger partial charge is 0.158 e. The summed E-state index contributed by atoms with van der Waals surface area (Å²) in [5.74, 6) is 2.42. The lowest BCUT2D eigenvalue weighted by molar-refractivity contribution is 0.414. The minimum absolute atomic E-state index is 0.789. The average molecular weight is 345 g/mol. The first-order valence-electron chi connectivity index (χ1n) is 8.31. The van der Waals surface area contributed by atoms with Crippen LogP contribution in [-0.4, -0.2) is 32.0 Å². The predicted molar refractivity (Wildman–Crippen MR) is 104 cm³/mol. The van der Waals surface area contributed by atoms with Gasteiger partial charge in [0.1, 0.15) is 17.2 Å². The molecule has 2 aromatic carbocycles. The number of hydrogen-bond donors (Lipinski definition) is 0. The summed E-state index contributed by atoms with van der Waals surface area (Å²) < 4.78 is 10.7. The van der Waals surface area contributed by atoms with E-state index in [9.17, 15) is 0 Å². The van der Waals surface area contributed by atoms with E-state index in [2.05, 4.69) is 9.88 Å². The third kappa shape index (κ3) is 2.67. The topological polar surface area (TPSA) is 47.0 Å². The van der Waals surface area contributed by atoms with Crippen molar-refractivity contribution in [1.29, 1.82) is 0 Å². The van der Waals surface area contributed by atoms with E-state index in [1.165, 1.54) is 0 Å². The fraction of sp³-hybridized carbons (Fsp3) is 0.143. The molecule has 0 aliphatic carbocycles. The summed E-state index contributed by atoms with van der Waals surface area (Å²) in [6.45, 7) is 0. The van der Waals surface area contributed by atoms with Gasteiger partial charge in [0.2, 0.25) is 0 Å². The molecule has 0 radical (unpaired) electrons. The number of hydrogen-bond acceptors (Lipinski definition) is 5. The predicted octanol–water partition coefficient (Wildman–Crippen LogP) is 4.35. The van der Waals surface area contributed by atoms with Crippen LogP contribution < -0.4 is 14.4 Å². The Balaban J connectivity index is 1.98. The molecule has 26 heavy (non-hydrogen) atoms. The minimum Gasteiger partial charge on any atom is -0.497 e.